The molecule has 0 heterocycles. The third-order valence-electron chi connectivity index (χ3n) is 3.59. The highest BCUT2D eigenvalue weighted by atomic mass is 79.9. The van der Waals surface area contributed by atoms with Gasteiger partial charge in [-0.1, -0.05) is 45.7 Å². The van der Waals surface area contributed by atoms with Crippen molar-refractivity contribution in [3.63, 3.8) is 0 Å². The average Bonchev–Trinajstić information content (AvgIpc) is 2.53. The molecule has 0 aromatic heterocycles. The maximum atomic E-state index is 5.84. The van der Waals surface area contributed by atoms with Crippen molar-refractivity contribution >= 4 is 38.9 Å². The molecular formula is C20H20BrClN2. The number of rotatable bonds is 1. The summed E-state index contributed by atoms with van der Waals surface area (Å²) in [5, 5.41) is 0.756. The molecular weight excluding hydrogens is 384 g/mol. The molecule has 0 amide bonds. The second-order valence-corrected chi connectivity index (χ2v) is 6.88. The van der Waals surface area contributed by atoms with Crippen molar-refractivity contribution < 1.29 is 0 Å². The van der Waals surface area contributed by atoms with Crippen molar-refractivity contribution in [1.82, 2.24) is 0 Å². The van der Waals surface area contributed by atoms with Crippen molar-refractivity contribution in [2.24, 2.45) is 0 Å². The quantitative estimate of drug-likeness (QED) is 0.473. The number of halogens is 2. The van der Waals surface area contributed by atoms with Gasteiger partial charge in [-0.3, -0.25) is 0 Å². The topological polar surface area (TPSA) is 52.0 Å². The van der Waals surface area contributed by atoms with E-state index >= 15 is 0 Å². The largest absolute Gasteiger partial charge is 0.399 e. The molecule has 2 nitrogen and oxygen atoms in total. The Balaban J connectivity index is 0.000000198. The fraction of sp³-hybridized carbons (Fsp3) is 0.100. The SMILES string of the molecule is Cc1cc(N)ccc1-c1ccc(Cl)cc1.Cc1cc(N)ccc1Br. The number of hydrogen-bond acceptors (Lipinski definition) is 2. The van der Waals surface area contributed by atoms with Gasteiger partial charge in [-0.05, 0) is 78.6 Å². The van der Waals surface area contributed by atoms with Crippen LogP contribution in [-0.2, 0) is 0 Å². The summed E-state index contributed by atoms with van der Waals surface area (Å²) in [6.07, 6.45) is 0. The predicted octanol–water partition coefficient (Wildman–Crippen LogP) is 6.24. The molecule has 0 spiro atoms. The van der Waals surface area contributed by atoms with Crippen LogP contribution in [0, 0.1) is 13.8 Å². The smallest absolute Gasteiger partial charge is 0.0406 e. The zero-order valence-corrected chi connectivity index (χ0v) is 16.0. The first-order chi connectivity index (χ1) is 11.4. The summed E-state index contributed by atoms with van der Waals surface area (Å²) in [6.45, 7) is 4.07. The lowest BCUT2D eigenvalue weighted by atomic mass is 10.0. The predicted molar refractivity (Wildman–Crippen MR) is 109 cm³/mol. The molecule has 0 unspecified atom stereocenters. The van der Waals surface area contributed by atoms with Gasteiger partial charge >= 0.3 is 0 Å². The molecule has 0 aliphatic rings. The molecule has 0 fully saturated rings. The summed E-state index contributed by atoms with van der Waals surface area (Å²) < 4.78 is 1.11. The van der Waals surface area contributed by atoms with Gasteiger partial charge < -0.3 is 11.5 Å². The minimum absolute atomic E-state index is 0.756. The highest BCUT2D eigenvalue weighted by molar-refractivity contribution is 9.10. The molecule has 3 rings (SSSR count). The van der Waals surface area contributed by atoms with Gasteiger partial charge in [0, 0.05) is 20.9 Å². The summed E-state index contributed by atoms with van der Waals surface area (Å²) in [4.78, 5) is 0. The molecule has 0 atom stereocenters. The van der Waals surface area contributed by atoms with Crippen molar-refractivity contribution in [2.75, 3.05) is 11.5 Å². The van der Waals surface area contributed by atoms with Crippen molar-refractivity contribution in [3.8, 4) is 11.1 Å². The van der Waals surface area contributed by atoms with E-state index < -0.39 is 0 Å². The second-order valence-electron chi connectivity index (χ2n) is 5.59. The molecule has 124 valence electrons. The molecule has 3 aromatic carbocycles. The van der Waals surface area contributed by atoms with Crippen LogP contribution in [-0.4, -0.2) is 0 Å². The molecule has 0 aliphatic heterocycles. The molecule has 0 radical (unpaired) electrons. The number of nitrogen functional groups attached to an aromatic ring is 2. The Kier molecular flexibility index (Phi) is 6.29. The van der Waals surface area contributed by atoms with Crippen LogP contribution in [0.2, 0.25) is 5.02 Å². The summed E-state index contributed by atoms with van der Waals surface area (Å²) in [6, 6.07) is 19.5. The lowest BCUT2D eigenvalue weighted by molar-refractivity contribution is 1.43. The number of benzene rings is 3. The lowest BCUT2D eigenvalue weighted by Gasteiger charge is -2.06. The molecule has 4 N–H and O–H groups in total. The fourth-order valence-corrected chi connectivity index (χ4v) is 2.68. The Morgan fingerprint density at radius 3 is 1.79 bits per heavy atom. The Morgan fingerprint density at radius 2 is 1.29 bits per heavy atom. The second kappa shape index (κ2) is 8.22. The molecule has 0 saturated heterocycles. The van der Waals surface area contributed by atoms with E-state index in [0.29, 0.717) is 0 Å². The average molecular weight is 404 g/mol. The van der Waals surface area contributed by atoms with Gasteiger partial charge in [0.2, 0.25) is 0 Å². The lowest BCUT2D eigenvalue weighted by Crippen LogP contribution is -1.88. The minimum Gasteiger partial charge on any atom is -0.399 e. The van der Waals surface area contributed by atoms with Crippen LogP contribution >= 0.6 is 27.5 Å². The van der Waals surface area contributed by atoms with E-state index in [0.717, 1.165) is 26.4 Å². The molecule has 3 aromatic rings. The number of nitrogens with two attached hydrogens (primary N) is 2. The number of aryl methyl sites for hydroxylation is 2. The first-order valence-corrected chi connectivity index (χ1v) is 8.67. The zero-order valence-electron chi connectivity index (χ0n) is 13.7. The monoisotopic (exact) mass is 402 g/mol. The highest BCUT2D eigenvalue weighted by Gasteiger charge is 2.01. The molecule has 4 heteroatoms. The Hall–Kier alpha value is -1.97. The van der Waals surface area contributed by atoms with E-state index in [1.807, 2.05) is 67.6 Å². The maximum Gasteiger partial charge on any atom is 0.0406 e. The molecule has 0 bridgehead atoms. The first-order valence-electron chi connectivity index (χ1n) is 7.50. The van der Waals surface area contributed by atoms with Crippen LogP contribution in [0.1, 0.15) is 11.1 Å². The minimum atomic E-state index is 0.756. The van der Waals surface area contributed by atoms with Crippen molar-refractivity contribution in [1.29, 1.82) is 0 Å². The normalized spacial score (nSPS) is 10.0. The first kappa shape index (κ1) is 18.4. The van der Waals surface area contributed by atoms with Crippen LogP contribution in [0.25, 0.3) is 11.1 Å². The van der Waals surface area contributed by atoms with E-state index in [-0.39, 0.29) is 0 Å². The van der Waals surface area contributed by atoms with Gasteiger partial charge in [0.15, 0.2) is 0 Å². The molecule has 0 saturated carbocycles. The van der Waals surface area contributed by atoms with Gasteiger partial charge in [0.25, 0.3) is 0 Å². The Labute approximate surface area is 156 Å². The summed E-state index contributed by atoms with van der Waals surface area (Å²) in [5.74, 6) is 0. The summed E-state index contributed by atoms with van der Waals surface area (Å²) >= 11 is 9.22. The van der Waals surface area contributed by atoms with Gasteiger partial charge in [0.1, 0.15) is 0 Å². The van der Waals surface area contributed by atoms with Crippen LogP contribution in [0.4, 0.5) is 11.4 Å². The van der Waals surface area contributed by atoms with Crippen LogP contribution in [0.15, 0.2) is 65.1 Å². The van der Waals surface area contributed by atoms with Crippen LogP contribution in [0.3, 0.4) is 0 Å². The van der Waals surface area contributed by atoms with Gasteiger partial charge in [-0.25, -0.2) is 0 Å². The van der Waals surface area contributed by atoms with E-state index in [1.54, 1.807) is 0 Å². The van der Waals surface area contributed by atoms with Crippen molar-refractivity contribution in [3.05, 3.63) is 81.3 Å². The van der Waals surface area contributed by atoms with E-state index in [9.17, 15) is 0 Å². The third-order valence-corrected chi connectivity index (χ3v) is 4.73. The standard InChI is InChI=1S/C13H12ClN.C7H8BrN/c1-9-8-12(15)6-7-13(9)10-2-4-11(14)5-3-10;1-5-4-6(9)2-3-7(5)8/h2-8H,15H2,1H3;2-4H,9H2,1H3. The summed E-state index contributed by atoms with van der Waals surface area (Å²) in [7, 11) is 0. The van der Waals surface area contributed by atoms with Gasteiger partial charge in [-0.2, -0.15) is 0 Å². The third kappa shape index (κ3) is 5.02. The van der Waals surface area contributed by atoms with Crippen molar-refractivity contribution in [2.45, 2.75) is 13.8 Å². The van der Waals surface area contributed by atoms with E-state index in [2.05, 4.69) is 22.9 Å². The highest BCUT2D eigenvalue weighted by Crippen LogP contribution is 2.26. The van der Waals surface area contributed by atoms with Crippen LogP contribution in [0.5, 0.6) is 0 Å². The fourth-order valence-electron chi connectivity index (χ4n) is 2.31. The van der Waals surface area contributed by atoms with E-state index in [1.165, 1.54) is 16.7 Å². The molecule has 24 heavy (non-hydrogen) atoms. The van der Waals surface area contributed by atoms with E-state index in [4.69, 9.17) is 23.1 Å². The number of anilines is 2. The van der Waals surface area contributed by atoms with Crippen LogP contribution < -0.4 is 11.5 Å². The number of hydrogen-bond donors (Lipinski definition) is 2. The molecule has 0 aliphatic carbocycles. The zero-order chi connectivity index (χ0) is 17.7. The van der Waals surface area contributed by atoms with Gasteiger partial charge in [-0.15, -0.1) is 0 Å². The summed E-state index contributed by atoms with van der Waals surface area (Å²) in [5.41, 5.74) is 17.5. The Bertz CT molecular complexity index is 830. The Morgan fingerprint density at radius 1 is 0.750 bits per heavy atom. The maximum absolute atomic E-state index is 5.84. The van der Waals surface area contributed by atoms with Gasteiger partial charge in [0.05, 0.1) is 0 Å².